The van der Waals surface area contributed by atoms with Crippen LogP contribution >= 0.6 is 0 Å². The zero-order valence-electron chi connectivity index (χ0n) is 15.9. The van der Waals surface area contributed by atoms with Crippen LogP contribution in [0.3, 0.4) is 0 Å². The minimum Gasteiger partial charge on any atom is -0.490 e. The molecule has 1 heterocycles. The Bertz CT molecular complexity index is 1070. The zero-order valence-corrected chi connectivity index (χ0v) is 15.9. The van der Waals surface area contributed by atoms with Gasteiger partial charge in [0.05, 0.1) is 17.5 Å². The van der Waals surface area contributed by atoms with E-state index in [-0.39, 0.29) is 18.2 Å². The Hall–Kier alpha value is -3.34. The second kappa shape index (κ2) is 7.00. The minimum absolute atomic E-state index is 0.106. The van der Waals surface area contributed by atoms with E-state index in [0.717, 1.165) is 16.3 Å². The van der Waals surface area contributed by atoms with Crippen LogP contribution in [0.15, 0.2) is 60.7 Å². The highest BCUT2D eigenvalue weighted by Crippen LogP contribution is 2.34. The van der Waals surface area contributed by atoms with Crippen molar-refractivity contribution in [2.45, 2.75) is 20.3 Å². The van der Waals surface area contributed by atoms with E-state index in [0.29, 0.717) is 23.7 Å². The van der Waals surface area contributed by atoms with Gasteiger partial charge in [0.1, 0.15) is 12.4 Å². The Morgan fingerprint density at radius 2 is 1.89 bits per heavy atom. The van der Waals surface area contributed by atoms with Crippen LogP contribution in [0.5, 0.6) is 5.75 Å². The molecule has 0 atom stereocenters. The number of hydrogen-bond acceptors (Lipinski definition) is 3. The van der Waals surface area contributed by atoms with Gasteiger partial charge in [0.25, 0.3) is 0 Å². The first-order valence-corrected chi connectivity index (χ1v) is 9.27. The normalized spacial score (nSPS) is 15.1. The van der Waals surface area contributed by atoms with Gasteiger partial charge in [0.2, 0.25) is 11.8 Å². The van der Waals surface area contributed by atoms with Crippen molar-refractivity contribution in [1.29, 1.82) is 0 Å². The van der Waals surface area contributed by atoms with E-state index >= 15 is 0 Å². The van der Waals surface area contributed by atoms with E-state index in [1.165, 1.54) is 0 Å². The van der Waals surface area contributed by atoms with Gasteiger partial charge in [0, 0.05) is 5.69 Å². The van der Waals surface area contributed by atoms with Crippen LogP contribution in [0, 0.1) is 5.41 Å². The topological polar surface area (TPSA) is 67.4 Å². The predicted octanol–water partition coefficient (Wildman–Crippen LogP) is 4.38. The summed E-state index contributed by atoms with van der Waals surface area (Å²) in [6.45, 7) is 3.97. The molecule has 2 N–H and O–H groups in total. The number of amides is 2. The maximum Gasteiger partial charge on any atom is 0.233 e. The average molecular weight is 374 g/mol. The van der Waals surface area contributed by atoms with E-state index in [4.69, 9.17) is 4.74 Å². The lowest BCUT2D eigenvalue weighted by Crippen LogP contribution is -2.33. The van der Waals surface area contributed by atoms with Crippen LogP contribution in [-0.2, 0) is 16.0 Å². The number of hydrogen-bond donors (Lipinski definition) is 2. The first-order valence-electron chi connectivity index (χ1n) is 9.27. The highest BCUT2D eigenvalue weighted by Gasteiger charge is 2.32. The Kier molecular flexibility index (Phi) is 4.51. The summed E-state index contributed by atoms with van der Waals surface area (Å²) in [6.07, 6.45) is 0.272. The molecule has 28 heavy (non-hydrogen) atoms. The molecule has 2 amide bonds. The molecule has 0 fully saturated rings. The van der Waals surface area contributed by atoms with Crippen LogP contribution in [-0.4, -0.2) is 18.4 Å². The fourth-order valence-corrected chi connectivity index (χ4v) is 3.27. The molecule has 0 aliphatic carbocycles. The third-order valence-electron chi connectivity index (χ3n) is 4.95. The molecule has 3 aromatic carbocycles. The van der Waals surface area contributed by atoms with Crippen LogP contribution in [0.2, 0.25) is 0 Å². The van der Waals surface area contributed by atoms with Crippen LogP contribution < -0.4 is 15.4 Å². The smallest absolute Gasteiger partial charge is 0.233 e. The Labute approximate surface area is 163 Å². The molecule has 3 aromatic rings. The molecule has 0 aromatic heterocycles. The molecule has 142 valence electrons. The van der Waals surface area contributed by atoms with Gasteiger partial charge in [-0.2, -0.15) is 0 Å². The maximum absolute atomic E-state index is 12.6. The summed E-state index contributed by atoms with van der Waals surface area (Å²) in [7, 11) is 0. The third-order valence-corrected chi connectivity index (χ3v) is 4.95. The Balaban J connectivity index is 1.52. The fourth-order valence-electron chi connectivity index (χ4n) is 3.27. The molecule has 0 spiro atoms. The maximum atomic E-state index is 12.6. The van der Waals surface area contributed by atoms with Crippen molar-refractivity contribution in [3.63, 3.8) is 0 Å². The molecule has 0 bridgehead atoms. The van der Waals surface area contributed by atoms with Crippen molar-refractivity contribution < 1.29 is 14.3 Å². The molecule has 5 nitrogen and oxygen atoms in total. The van der Waals surface area contributed by atoms with E-state index in [9.17, 15) is 9.59 Å². The predicted molar refractivity (Wildman–Crippen MR) is 111 cm³/mol. The lowest BCUT2D eigenvalue weighted by Gasteiger charge is -2.18. The van der Waals surface area contributed by atoms with E-state index < -0.39 is 5.41 Å². The highest BCUT2D eigenvalue weighted by atomic mass is 16.5. The monoisotopic (exact) mass is 374 g/mol. The number of benzene rings is 3. The van der Waals surface area contributed by atoms with Crippen molar-refractivity contribution in [1.82, 2.24) is 0 Å². The number of carbonyl (C=O) groups is 2. The van der Waals surface area contributed by atoms with Crippen molar-refractivity contribution in [3.05, 3.63) is 66.2 Å². The van der Waals surface area contributed by atoms with E-state index in [1.54, 1.807) is 18.2 Å². The average Bonchev–Trinajstić information content (AvgIpc) is 2.78. The van der Waals surface area contributed by atoms with Crippen molar-refractivity contribution in [2.75, 3.05) is 17.2 Å². The SMILES string of the molecule is CC1(C)COc2ccc(NC(=O)Cc3cccc4ccccc34)cc2NC1=O. The minimum atomic E-state index is -0.614. The standard InChI is InChI=1S/C23H22N2O3/c1-23(2)14-28-20-11-10-17(13-19(20)25-22(23)27)24-21(26)12-16-8-5-7-15-6-3-4-9-18(15)16/h3-11,13H,12,14H2,1-2H3,(H,24,26)(H,25,27). The Morgan fingerprint density at radius 1 is 1.11 bits per heavy atom. The van der Waals surface area contributed by atoms with Gasteiger partial charge in [-0.15, -0.1) is 0 Å². The molecule has 1 aliphatic heterocycles. The second-order valence-corrected chi connectivity index (χ2v) is 7.70. The number of nitrogens with one attached hydrogen (secondary N) is 2. The number of carbonyl (C=O) groups excluding carboxylic acids is 2. The van der Waals surface area contributed by atoms with Crippen LogP contribution in [0.25, 0.3) is 10.8 Å². The molecule has 0 unspecified atom stereocenters. The first-order chi connectivity index (χ1) is 13.4. The van der Waals surface area contributed by atoms with Crippen LogP contribution in [0.1, 0.15) is 19.4 Å². The molecule has 0 saturated carbocycles. The molecular formula is C23H22N2O3. The van der Waals surface area contributed by atoms with E-state index in [1.807, 2.05) is 56.3 Å². The summed E-state index contributed by atoms with van der Waals surface area (Å²) < 4.78 is 5.74. The van der Waals surface area contributed by atoms with Gasteiger partial charge in [-0.05, 0) is 48.4 Å². The van der Waals surface area contributed by atoms with E-state index in [2.05, 4.69) is 10.6 Å². The second-order valence-electron chi connectivity index (χ2n) is 7.70. The lowest BCUT2D eigenvalue weighted by atomic mass is 9.94. The zero-order chi connectivity index (χ0) is 19.7. The summed E-state index contributed by atoms with van der Waals surface area (Å²) in [6, 6.07) is 19.3. The van der Waals surface area contributed by atoms with Gasteiger partial charge in [-0.1, -0.05) is 42.5 Å². The summed E-state index contributed by atoms with van der Waals surface area (Å²) >= 11 is 0. The molecule has 5 heteroatoms. The number of fused-ring (bicyclic) bond motifs is 2. The lowest BCUT2D eigenvalue weighted by molar-refractivity contribution is -0.125. The van der Waals surface area contributed by atoms with Gasteiger partial charge >= 0.3 is 0 Å². The fraction of sp³-hybridized carbons (Fsp3) is 0.217. The molecule has 1 aliphatic rings. The summed E-state index contributed by atoms with van der Waals surface area (Å²) in [5.74, 6) is 0.383. The molecule has 0 saturated heterocycles. The number of ether oxygens (including phenoxy) is 1. The highest BCUT2D eigenvalue weighted by molar-refractivity contribution is 5.99. The molecular weight excluding hydrogens is 352 g/mol. The third kappa shape index (κ3) is 3.56. The van der Waals surface area contributed by atoms with Gasteiger partial charge in [0.15, 0.2) is 0 Å². The van der Waals surface area contributed by atoms with Crippen molar-refractivity contribution in [3.8, 4) is 5.75 Å². The largest absolute Gasteiger partial charge is 0.490 e. The summed E-state index contributed by atoms with van der Waals surface area (Å²) in [5, 5.41) is 7.99. The Morgan fingerprint density at radius 3 is 2.75 bits per heavy atom. The summed E-state index contributed by atoms with van der Waals surface area (Å²) in [4.78, 5) is 24.9. The molecule has 0 radical (unpaired) electrons. The van der Waals surface area contributed by atoms with Crippen LogP contribution in [0.4, 0.5) is 11.4 Å². The van der Waals surface area contributed by atoms with Crippen molar-refractivity contribution in [2.24, 2.45) is 5.41 Å². The van der Waals surface area contributed by atoms with Gasteiger partial charge in [-0.25, -0.2) is 0 Å². The quantitative estimate of drug-likeness (QED) is 0.715. The van der Waals surface area contributed by atoms with Gasteiger partial charge < -0.3 is 15.4 Å². The summed E-state index contributed by atoms with van der Waals surface area (Å²) in [5.41, 5.74) is 1.55. The molecule has 4 rings (SSSR count). The van der Waals surface area contributed by atoms with Crippen molar-refractivity contribution >= 4 is 34.0 Å². The van der Waals surface area contributed by atoms with Gasteiger partial charge in [-0.3, -0.25) is 9.59 Å². The number of anilines is 2. The first kappa shape index (κ1) is 18.0. The number of rotatable bonds is 3.